The Morgan fingerprint density at radius 3 is 2.06 bits per heavy atom. The first-order chi connectivity index (χ1) is 15.9. The molecule has 3 aromatic rings. The standard InChI is InChI=1S/C26H31N5O3/c1-25(2,3)15-21(32)34-16-18-14-19(27-24(33)26(4,5)6)12-13-20(18)23-30-28-22(29-31-23)17-10-8-7-9-11-17/h7-14H,15-16H2,1-6H3,(H,27,33). The molecule has 1 heterocycles. The first-order valence-corrected chi connectivity index (χ1v) is 11.2. The van der Waals surface area contributed by atoms with Crippen LogP contribution in [0, 0.1) is 10.8 Å². The number of esters is 1. The molecule has 8 heteroatoms. The monoisotopic (exact) mass is 461 g/mol. The number of carbonyl (C=O) groups is 2. The van der Waals surface area contributed by atoms with E-state index in [2.05, 4.69) is 25.7 Å². The third-order valence-corrected chi connectivity index (χ3v) is 4.86. The van der Waals surface area contributed by atoms with Gasteiger partial charge in [-0.2, -0.15) is 0 Å². The molecule has 0 saturated heterocycles. The third-order valence-electron chi connectivity index (χ3n) is 4.86. The average Bonchev–Trinajstić information content (AvgIpc) is 2.77. The number of nitrogens with one attached hydrogen (secondary N) is 1. The minimum Gasteiger partial charge on any atom is -0.461 e. The minimum atomic E-state index is -0.553. The van der Waals surface area contributed by atoms with Gasteiger partial charge in [-0.05, 0) is 23.6 Å². The fourth-order valence-corrected chi connectivity index (χ4v) is 3.01. The van der Waals surface area contributed by atoms with Crippen LogP contribution in [0.4, 0.5) is 5.69 Å². The van der Waals surface area contributed by atoms with Gasteiger partial charge in [0, 0.05) is 27.8 Å². The summed E-state index contributed by atoms with van der Waals surface area (Å²) < 4.78 is 5.54. The fraction of sp³-hybridized carbons (Fsp3) is 0.385. The number of aromatic nitrogens is 4. The number of benzene rings is 2. The van der Waals surface area contributed by atoms with Crippen LogP contribution in [0.5, 0.6) is 0 Å². The largest absolute Gasteiger partial charge is 0.461 e. The van der Waals surface area contributed by atoms with Gasteiger partial charge in [-0.15, -0.1) is 20.4 Å². The lowest BCUT2D eigenvalue weighted by Crippen LogP contribution is -2.27. The van der Waals surface area contributed by atoms with Crippen molar-refractivity contribution in [3.63, 3.8) is 0 Å². The summed E-state index contributed by atoms with van der Waals surface area (Å²) in [5.74, 6) is 0.286. The Hall–Kier alpha value is -3.68. The van der Waals surface area contributed by atoms with Gasteiger partial charge in [0.25, 0.3) is 0 Å². The van der Waals surface area contributed by atoms with E-state index in [1.807, 2.05) is 71.9 Å². The third kappa shape index (κ3) is 6.91. The van der Waals surface area contributed by atoms with Gasteiger partial charge in [-0.1, -0.05) is 71.9 Å². The van der Waals surface area contributed by atoms with Crippen LogP contribution in [-0.4, -0.2) is 32.3 Å². The Bertz CT molecular complexity index is 1150. The molecule has 0 atom stereocenters. The number of carbonyl (C=O) groups excluding carboxylic acids is 2. The van der Waals surface area contributed by atoms with E-state index >= 15 is 0 Å². The van der Waals surface area contributed by atoms with Crippen LogP contribution in [0.3, 0.4) is 0 Å². The van der Waals surface area contributed by atoms with Crippen molar-refractivity contribution in [2.24, 2.45) is 10.8 Å². The molecule has 0 saturated carbocycles. The van der Waals surface area contributed by atoms with Crippen molar-refractivity contribution in [2.75, 3.05) is 5.32 Å². The highest BCUT2D eigenvalue weighted by atomic mass is 16.5. The van der Waals surface area contributed by atoms with Gasteiger partial charge in [0.1, 0.15) is 6.61 Å². The van der Waals surface area contributed by atoms with Crippen molar-refractivity contribution in [3.8, 4) is 22.8 Å². The summed E-state index contributed by atoms with van der Waals surface area (Å²) in [5, 5.41) is 19.8. The van der Waals surface area contributed by atoms with E-state index in [4.69, 9.17) is 4.74 Å². The smallest absolute Gasteiger partial charge is 0.306 e. The number of hydrogen-bond acceptors (Lipinski definition) is 7. The van der Waals surface area contributed by atoms with Crippen LogP contribution < -0.4 is 5.32 Å². The molecule has 1 amide bonds. The molecule has 34 heavy (non-hydrogen) atoms. The highest BCUT2D eigenvalue weighted by Crippen LogP contribution is 2.27. The summed E-state index contributed by atoms with van der Waals surface area (Å²) in [6.45, 7) is 11.4. The fourth-order valence-electron chi connectivity index (χ4n) is 3.01. The van der Waals surface area contributed by atoms with Gasteiger partial charge in [-0.25, -0.2) is 0 Å². The van der Waals surface area contributed by atoms with Crippen molar-refractivity contribution in [1.82, 2.24) is 20.4 Å². The van der Waals surface area contributed by atoms with E-state index in [1.165, 1.54) is 0 Å². The molecule has 8 nitrogen and oxygen atoms in total. The van der Waals surface area contributed by atoms with Gasteiger partial charge in [-0.3, -0.25) is 9.59 Å². The number of ether oxygens (including phenoxy) is 1. The lowest BCUT2D eigenvalue weighted by molar-refractivity contribution is -0.147. The molecule has 0 unspecified atom stereocenters. The molecule has 0 bridgehead atoms. The molecule has 0 aliphatic rings. The predicted molar refractivity (Wildman–Crippen MR) is 130 cm³/mol. The van der Waals surface area contributed by atoms with Gasteiger partial charge in [0.2, 0.25) is 17.6 Å². The quantitative estimate of drug-likeness (QED) is 0.511. The average molecular weight is 462 g/mol. The highest BCUT2D eigenvalue weighted by Gasteiger charge is 2.22. The van der Waals surface area contributed by atoms with E-state index in [-0.39, 0.29) is 30.3 Å². The van der Waals surface area contributed by atoms with E-state index in [9.17, 15) is 9.59 Å². The zero-order valence-electron chi connectivity index (χ0n) is 20.5. The molecule has 178 valence electrons. The molecule has 0 aliphatic heterocycles. The van der Waals surface area contributed by atoms with E-state index in [0.29, 0.717) is 28.5 Å². The Labute approximate surface area is 200 Å². The molecular formula is C26H31N5O3. The summed E-state index contributed by atoms with van der Waals surface area (Å²) in [4.78, 5) is 24.8. The van der Waals surface area contributed by atoms with Crippen LogP contribution in [0.15, 0.2) is 48.5 Å². The van der Waals surface area contributed by atoms with E-state index < -0.39 is 5.41 Å². The Morgan fingerprint density at radius 1 is 0.853 bits per heavy atom. The van der Waals surface area contributed by atoms with Crippen molar-refractivity contribution < 1.29 is 14.3 Å². The minimum absolute atomic E-state index is 0.00721. The second kappa shape index (κ2) is 10.1. The number of hydrogen-bond donors (Lipinski definition) is 1. The Balaban J connectivity index is 1.90. The number of anilines is 1. The Morgan fingerprint density at radius 2 is 1.47 bits per heavy atom. The normalized spacial score (nSPS) is 11.7. The van der Waals surface area contributed by atoms with Crippen molar-refractivity contribution in [2.45, 2.75) is 54.6 Å². The first kappa shape index (κ1) is 25.0. The van der Waals surface area contributed by atoms with Crippen molar-refractivity contribution >= 4 is 17.6 Å². The molecule has 0 radical (unpaired) electrons. The zero-order chi connectivity index (χ0) is 24.9. The van der Waals surface area contributed by atoms with Gasteiger partial charge in [0.15, 0.2) is 0 Å². The molecule has 1 N–H and O–H groups in total. The maximum atomic E-state index is 12.5. The number of rotatable bonds is 6. The summed E-state index contributed by atoms with van der Waals surface area (Å²) in [6.07, 6.45) is 0.286. The maximum absolute atomic E-state index is 12.5. The SMILES string of the molecule is CC(C)(C)CC(=O)OCc1cc(NC(=O)C(C)(C)C)ccc1-c1nnc(-c2ccccc2)nn1. The number of amides is 1. The topological polar surface area (TPSA) is 107 Å². The lowest BCUT2D eigenvalue weighted by atomic mass is 9.92. The summed E-state index contributed by atoms with van der Waals surface area (Å²) >= 11 is 0. The summed E-state index contributed by atoms with van der Waals surface area (Å²) in [7, 11) is 0. The van der Waals surface area contributed by atoms with E-state index in [0.717, 1.165) is 5.56 Å². The lowest BCUT2D eigenvalue weighted by Gasteiger charge is -2.19. The Kier molecular flexibility index (Phi) is 7.39. The van der Waals surface area contributed by atoms with Crippen LogP contribution >= 0.6 is 0 Å². The highest BCUT2D eigenvalue weighted by molar-refractivity contribution is 5.94. The van der Waals surface area contributed by atoms with E-state index in [1.54, 1.807) is 18.2 Å². The van der Waals surface area contributed by atoms with Crippen LogP contribution in [0.25, 0.3) is 22.8 Å². The summed E-state index contributed by atoms with van der Waals surface area (Å²) in [5.41, 5.74) is 1.93. The molecule has 0 fully saturated rings. The van der Waals surface area contributed by atoms with Crippen molar-refractivity contribution in [1.29, 1.82) is 0 Å². The second-order valence-electron chi connectivity index (χ2n) is 10.4. The molecule has 0 aliphatic carbocycles. The van der Waals surface area contributed by atoms with Crippen LogP contribution in [0.1, 0.15) is 53.5 Å². The first-order valence-electron chi connectivity index (χ1n) is 11.2. The van der Waals surface area contributed by atoms with Gasteiger partial charge >= 0.3 is 5.97 Å². The molecule has 1 aromatic heterocycles. The van der Waals surface area contributed by atoms with Crippen LogP contribution in [0.2, 0.25) is 0 Å². The maximum Gasteiger partial charge on any atom is 0.306 e. The second-order valence-corrected chi connectivity index (χ2v) is 10.4. The molecular weight excluding hydrogens is 430 g/mol. The zero-order valence-corrected chi connectivity index (χ0v) is 20.5. The van der Waals surface area contributed by atoms with Crippen LogP contribution in [-0.2, 0) is 20.9 Å². The number of nitrogens with zero attached hydrogens (tertiary/aromatic N) is 4. The molecule has 3 rings (SSSR count). The molecule has 2 aromatic carbocycles. The van der Waals surface area contributed by atoms with Gasteiger partial charge < -0.3 is 10.1 Å². The molecule has 0 spiro atoms. The van der Waals surface area contributed by atoms with Crippen molar-refractivity contribution in [3.05, 3.63) is 54.1 Å². The predicted octanol–water partition coefficient (Wildman–Crippen LogP) is 5.06. The van der Waals surface area contributed by atoms with Gasteiger partial charge in [0.05, 0.1) is 6.42 Å². The summed E-state index contributed by atoms with van der Waals surface area (Å²) in [6, 6.07) is 14.7.